The maximum absolute atomic E-state index is 5.52. The van der Waals surface area contributed by atoms with E-state index in [4.69, 9.17) is 5.73 Å². The molecule has 0 radical (unpaired) electrons. The van der Waals surface area contributed by atoms with Gasteiger partial charge < -0.3 is 5.73 Å². The Balaban J connectivity index is 1.99. The first-order valence-corrected chi connectivity index (χ1v) is 5.30. The first kappa shape index (κ1) is 8.18. The molecule has 0 saturated carbocycles. The van der Waals surface area contributed by atoms with Gasteiger partial charge in [0, 0.05) is 23.6 Å². The monoisotopic (exact) mass is 186 g/mol. The summed E-state index contributed by atoms with van der Waals surface area (Å²) in [6.07, 6.45) is 5.75. The zero-order valence-corrected chi connectivity index (χ0v) is 8.16. The van der Waals surface area contributed by atoms with Crippen LogP contribution in [-0.4, -0.2) is 11.5 Å². The molecule has 1 heterocycles. The van der Waals surface area contributed by atoms with Gasteiger partial charge in [-0.3, -0.25) is 4.98 Å². The molecule has 2 N–H and O–H groups in total. The van der Waals surface area contributed by atoms with Crippen molar-refractivity contribution in [3.63, 3.8) is 0 Å². The fraction of sp³-hybridized carbons (Fsp3) is 0.417. The molecular weight excluding hydrogens is 172 g/mol. The van der Waals surface area contributed by atoms with Crippen molar-refractivity contribution < 1.29 is 0 Å². The molecule has 1 aromatic rings. The summed E-state index contributed by atoms with van der Waals surface area (Å²) in [7, 11) is 0. The van der Waals surface area contributed by atoms with Crippen LogP contribution in [0.3, 0.4) is 0 Å². The number of aromatic nitrogens is 1. The van der Waals surface area contributed by atoms with Gasteiger partial charge in [-0.05, 0) is 31.0 Å². The van der Waals surface area contributed by atoms with Crippen LogP contribution in [0.5, 0.6) is 0 Å². The standard InChI is InChI=1S/C12H14N2/c13-7-6-8-4-5-11-9-2-1-3-10(9)12(11)14-8/h2,4-5,10H,1,3,6-7,13H2. The van der Waals surface area contributed by atoms with Crippen molar-refractivity contribution in [3.05, 3.63) is 35.2 Å². The summed E-state index contributed by atoms with van der Waals surface area (Å²) in [4.78, 5) is 4.67. The number of allylic oxidation sites excluding steroid dienone is 2. The lowest BCUT2D eigenvalue weighted by molar-refractivity contribution is 0.734. The van der Waals surface area contributed by atoms with Crippen LogP contribution in [0.2, 0.25) is 0 Å². The first-order chi connectivity index (χ1) is 6.90. The van der Waals surface area contributed by atoms with Gasteiger partial charge in [0.25, 0.3) is 0 Å². The molecule has 72 valence electrons. The van der Waals surface area contributed by atoms with Gasteiger partial charge in [0.2, 0.25) is 0 Å². The van der Waals surface area contributed by atoms with Crippen molar-refractivity contribution in [2.24, 2.45) is 5.73 Å². The fourth-order valence-electron chi connectivity index (χ4n) is 2.52. The van der Waals surface area contributed by atoms with E-state index in [1.54, 1.807) is 0 Å². The summed E-state index contributed by atoms with van der Waals surface area (Å²) in [6.45, 7) is 0.694. The molecule has 0 aliphatic heterocycles. The highest BCUT2D eigenvalue weighted by atomic mass is 14.8. The third kappa shape index (κ3) is 0.976. The largest absolute Gasteiger partial charge is 0.330 e. The average molecular weight is 186 g/mol. The molecule has 0 aromatic carbocycles. The zero-order chi connectivity index (χ0) is 9.54. The highest BCUT2D eigenvalue weighted by molar-refractivity contribution is 5.84. The Bertz CT molecular complexity index is 407. The molecule has 14 heavy (non-hydrogen) atoms. The summed E-state index contributed by atoms with van der Waals surface area (Å²) in [5, 5.41) is 0. The van der Waals surface area contributed by atoms with Crippen LogP contribution in [0.4, 0.5) is 0 Å². The second-order valence-corrected chi connectivity index (χ2v) is 4.06. The Kier molecular flexibility index (Phi) is 1.71. The maximum atomic E-state index is 5.52. The number of nitrogens with zero attached hydrogens (tertiary/aromatic N) is 1. The average Bonchev–Trinajstić information content (AvgIpc) is 2.59. The molecule has 2 aliphatic carbocycles. The van der Waals surface area contributed by atoms with Crippen LogP contribution in [0.25, 0.3) is 5.57 Å². The number of hydrogen-bond donors (Lipinski definition) is 1. The van der Waals surface area contributed by atoms with Gasteiger partial charge in [-0.25, -0.2) is 0 Å². The van der Waals surface area contributed by atoms with E-state index in [1.807, 2.05) is 0 Å². The summed E-state index contributed by atoms with van der Waals surface area (Å²) in [5.41, 5.74) is 10.9. The Hall–Kier alpha value is -1.15. The molecule has 1 atom stereocenters. The van der Waals surface area contributed by atoms with E-state index in [9.17, 15) is 0 Å². The van der Waals surface area contributed by atoms with Crippen LogP contribution in [0.15, 0.2) is 18.2 Å². The number of fused-ring (bicyclic) bond motifs is 4. The minimum absolute atomic E-state index is 0.655. The van der Waals surface area contributed by atoms with Crippen LogP contribution in [-0.2, 0) is 6.42 Å². The van der Waals surface area contributed by atoms with E-state index >= 15 is 0 Å². The highest BCUT2D eigenvalue weighted by Gasteiger charge is 2.35. The summed E-state index contributed by atoms with van der Waals surface area (Å²) >= 11 is 0. The lowest BCUT2D eigenvalue weighted by Gasteiger charge is -2.29. The van der Waals surface area contributed by atoms with E-state index in [1.165, 1.54) is 29.7 Å². The summed E-state index contributed by atoms with van der Waals surface area (Å²) < 4.78 is 0. The van der Waals surface area contributed by atoms with Gasteiger partial charge in [0.05, 0.1) is 5.69 Å². The number of rotatable bonds is 2. The molecule has 2 aliphatic rings. The van der Waals surface area contributed by atoms with Crippen LogP contribution in [0, 0.1) is 0 Å². The number of pyridine rings is 1. The van der Waals surface area contributed by atoms with Crippen molar-refractivity contribution >= 4 is 5.57 Å². The van der Waals surface area contributed by atoms with E-state index in [-0.39, 0.29) is 0 Å². The highest BCUT2D eigenvalue weighted by Crippen LogP contribution is 2.51. The van der Waals surface area contributed by atoms with E-state index in [0.29, 0.717) is 12.5 Å². The quantitative estimate of drug-likeness (QED) is 0.765. The Labute approximate surface area is 83.8 Å². The molecule has 0 spiro atoms. The van der Waals surface area contributed by atoms with Crippen LogP contribution in [0.1, 0.15) is 35.7 Å². The van der Waals surface area contributed by atoms with Crippen molar-refractivity contribution in [3.8, 4) is 0 Å². The molecular formula is C12H14N2. The van der Waals surface area contributed by atoms with Crippen molar-refractivity contribution in [1.29, 1.82) is 0 Å². The second-order valence-electron chi connectivity index (χ2n) is 4.06. The van der Waals surface area contributed by atoms with Gasteiger partial charge in [0.1, 0.15) is 0 Å². The molecule has 2 nitrogen and oxygen atoms in total. The van der Waals surface area contributed by atoms with Gasteiger partial charge in [0.15, 0.2) is 0 Å². The molecule has 0 amide bonds. The predicted molar refractivity (Wildman–Crippen MR) is 56.9 cm³/mol. The zero-order valence-electron chi connectivity index (χ0n) is 8.16. The van der Waals surface area contributed by atoms with Gasteiger partial charge in [-0.2, -0.15) is 0 Å². The Morgan fingerprint density at radius 1 is 1.43 bits per heavy atom. The van der Waals surface area contributed by atoms with Crippen LogP contribution >= 0.6 is 0 Å². The van der Waals surface area contributed by atoms with E-state index in [2.05, 4.69) is 23.2 Å². The molecule has 2 heteroatoms. The minimum Gasteiger partial charge on any atom is -0.330 e. The molecule has 0 saturated heterocycles. The van der Waals surface area contributed by atoms with Gasteiger partial charge in [-0.1, -0.05) is 12.1 Å². The predicted octanol–water partition coefficient (Wildman–Crippen LogP) is 1.86. The smallest absolute Gasteiger partial charge is 0.0557 e. The van der Waals surface area contributed by atoms with E-state index in [0.717, 1.165) is 12.1 Å². The molecule has 0 bridgehead atoms. The Morgan fingerprint density at radius 2 is 2.36 bits per heavy atom. The SMILES string of the molecule is NCCc1ccc2c(n1)C1CCC=C21. The summed E-state index contributed by atoms with van der Waals surface area (Å²) in [5.74, 6) is 0.655. The van der Waals surface area contributed by atoms with Gasteiger partial charge in [-0.15, -0.1) is 0 Å². The summed E-state index contributed by atoms with van der Waals surface area (Å²) in [6, 6.07) is 4.32. The fourth-order valence-corrected chi connectivity index (χ4v) is 2.52. The second kappa shape index (κ2) is 2.92. The third-order valence-corrected chi connectivity index (χ3v) is 3.22. The molecule has 1 unspecified atom stereocenters. The first-order valence-electron chi connectivity index (χ1n) is 5.30. The van der Waals surface area contributed by atoms with Crippen molar-refractivity contribution in [2.75, 3.05) is 6.54 Å². The molecule has 1 aromatic heterocycles. The molecule has 0 fully saturated rings. The maximum Gasteiger partial charge on any atom is 0.0557 e. The van der Waals surface area contributed by atoms with Crippen molar-refractivity contribution in [1.82, 2.24) is 4.98 Å². The number of hydrogen-bond acceptors (Lipinski definition) is 2. The molecule has 3 rings (SSSR count). The minimum atomic E-state index is 0.655. The number of nitrogens with two attached hydrogens (primary N) is 1. The van der Waals surface area contributed by atoms with Gasteiger partial charge >= 0.3 is 0 Å². The Morgan fingerprint density at radius 3 is 3.21 bits per heavy atom. The lowest BCUT2D eigenvalue weighted by Crippen LogP contribution is -2.17. The normalized spacial score (nSPS) is 22.4. The van der Waals surface area contributed by atoms with Crippen molar-refractivity contribution in [2.45, 2.75) is 25.2 Å². The van der Waals surface area contributed by atoms with E-state index < -0.39 is 0 Å². The topological polar surface area (TPSA) is 38.9 Å². The van der Waals surface area contributed by atoms with Crippen LogP contribution < -0.4 is 5.73 Å². The third-order valence-electron chi connectivity index (χ3n) is 3.22. The lowest BCUT2D eigenvalue weighted by atomic mass is 9.78.